The topological polar surface area (TPSA) is 73.4 Å². The predicted octanol–water partition coefficient (Wildman–Crippen LogP) is 5.54. The highest BCUT2D eigenvalue weighted by molar-refractivity contribution is 7.10. The van der Waals surface area contributed by atoms with Gasteiger partial charge in [-0.3, -0.25) is 9.69 Å². The second-order valence-corrected chi connectivity index (χ2v) is 9.99. The molecule has 0 radical (unpaired) electrons. The van der Waals surface area contributed by atoms with Crippen molar-refractivity contribution in [1.82, 2.24) is 14.9 Å². The quantitative estimate of drug-likeness (QED) is 0.349. The van der Waals surface area contributed by atoms with Crippen LogP contribution in [0.15, 0.2) is 72.2 Å². The maximum absolute atomic E-state index is 11.2. The van der Waals surface area contributed by atoms with Crippen LogP contribution in [0.3, 0.4) is 0 Å². The normalized spacial score (nSPS) is 14.0. The first-order valence-electron chi connectivity index (χ1n) is 12.1. The number of benzene rings is 2. The Labute approximate surface area is 215 Å². The summed E-state index contributed by atoms with van der Waals surface area (Å²) in [6.07, 6.45) is 1.75. The van der Waals surface area contributed by atoms with Gasteiger partial charge in [0.1, 0.15) is 0 Å². The third-order valence-electron chi connectivity index (χ3n) is 6.35. The van der Waals surface area contributed by atoms with Gasteiger partial charge in [-0.15, -0.1) is 11.3 Å². The lowest BCUT2D eigenvalue weighted by Crippen LogP contribution is -2.45. The zero-order chi connectivity index (χ0) is 24.9. The molecular formula is C28H30N6OS. The summed E-state index contributed by atoms with van der Waals surface area (Å²) in [5.41, 5.74) is 6.12. The van der Waals surface area contributed by atoms with Crippen molar-refractivity contribution in [2.75, 3.05) is 41.7 Å². The summed E-state index contributed by atoms with van der Waals surface area (Å²) in [4.78, 5) is 26.7. The zero-order valence-corrected chi connectivity index (χ0v) is 21.4. The highest BCUT2D eigenvalue weighted by Gasteiger charge is 2.18. The van der Waals surface area contributed by atoms with Crippen LogP contribution in [-0.2, 0) is 11.3 Å². The fourth-order valence-electron chi connectivity index (χ4n) is 4.33. The van der Waals surface area contributed by atoms with Crippen molar-refractivity contribution < 1.29 is 4.79 Å². The first-order valence-corrected chi connectivity index (χ1v) is 13.0. The van der Waals surface area contributed by atoms with Crippen molar-refractivity contribution >= 4 is 40.3 Å². The number of hydrogen-bond donors (Lipinski definition) is 2. The maximum Gasteiger partial charge on any atom is 0.227 e. The van der Waals surface area contributed by atoms with Gasteiger partial charge in [-0.2, -0.15) is 0 Å². The van der Waals surface area contributed by atoms with Gasteiger partial charge >= 0.3 is 0 Å². The van der Waals surface area contributed by atoms with E-state index in [1.807, 2.05) is 41.7 Å². The third-order valence-corrected chi connectivity index (χ3v) is 7.36. The molecule has 7 nitrogen and oxygen atoms in total. The summed E-state index contributed by atoms with van der Waals surface area (Å²) >= 11 is 1.86. The van der Waals surface area contributed by atoms with Crippen LogP contribution in [0.4, 0.5) is 23.0 Å². The largest absolute Gasteiger partial charge is 0.369 e. The van der Waals surface area contributed by atoms with Crippen LogP contribution in [0.2, 0.25) is 0 Å². The predicted molar refractivity (Wildman–Crippen MR) is 148 cm³/mol. The van der Waals surface area contributed by atoms with E-state index in [9.17, 15) is 4.79 Å². The Hall–Kier alpha value is -3.75. The van der Waals surface area contributed by atoms with Crippen LogP contribution in [0.1, 0.15) is 17.4 Å². The molecule has 0 spiro atoms. The number of rotatable bonds is 7. The van der Waals surface area contributed by atoms with E-state index in [1.165, 1.54) is 23.1 Å². The number of aryl methyl sites for hydroxylation is 1. The maximum atomic E-state index is 11.2. The molecule has 1 amide bonds. The number of carbonyl (C=O) groups excluding carboxylic acids is 1. The minimum Gasteiger partial charge on any atom is -0.369 e. The standard InChI is InChI=1S/C28H30N6OS/c1-20-12-18-36-27(20)19-33-14-16-34(17-15-33)25-9-7-24(8-10-25)31-28-29-13-11-26(32-28)22-3-5-23(6-4-22)30-21(2)35/h3-13,18H,14-17,19H2,1-2H3,(H,30,35)(H,29,31,32). The summed E-state index contributed by atoms with van der Waals surface area (Å²) < 4.78 is 0. The molecule has 184 valence electrons. The van der Waals surface area contributed by atoms with Gasteiger partial charge in [0.15, 0.2) is 0 Å². The van der Waals surface area contributed by atoms with Crippen molar-refractivity contribution in [2.45, 2.75) is 20.4 Å². The fraction of sp³-hybridized carbons (Fsp3) is 0.250. The minimum atomic E-state index is -0.0891. The smallest absolute Gasteiger partial charge is 0.227 e. The number of amides is 1. The molecule has 3 heterocycles. The molecule has 1 fully saturated rings. The molecule has 36 heavy (non-hydrogen) atoms. The molecule has 2 aromatic carbocycles. The van der Waals surface area contributed by atoms with E-state index in [0.29, 0.717) is 5.95 Å². The van der Waals surface area contributed by atoms with Crippen molar-refractivity contribution in [3.05, 3.63) is 82.7 Å². The fourth-order valence-corrected chi connectivity index (χ4v) is 5.27. The number of nitrogens with zero attached hydrogens (tertiary/aromatic N) is 4. The summed E-state index contributed by atoms with van der Waals surface area (Å²) in [5.74, 6) is 0.456. The first kappa shape index (κ1) is 24.0. The van der Waals surface area contributed by atoms with Crippen LogP contribution in [0.25, 0.3) is 11.3 Å². The number of piperazine rings is 1. The molecule has 0 aliphatic carbocycles. The highest BCUT2D eigenvalue weighted by Crippen LogP contribution is 2.25. The van der Waals surface area contributed by atoms with Gasteiger partial charge in [0.05, 0.1) is 5.69 Å². The van der Waals surface area contributed by atoms with Gasteiger partial charge in [-0.25, -0.2) is 9.97 Å². The Morgan fingerprint density at radius 3 is 2.33 bits per heavy atom. The van der Waals surface area contributed by atoms with Gasteiger partial charge in [0, 0.05) is 73.3 Å². The molecule has 0 atom stereocenters. The van der Waals surface area contributed by atoms with Gasteiger partial charge in [0.2, 0.25) is 11.9 Å². The summed E-state index contributed by atoms with van der Waals surface area (Å²) in [7, 11) is 0. The molecule has 2 N–H and O–H groups in total. The average Bonchev–Trinajstić information content (AvgIpc) is 3.29. The minimum absolute atomic E-state index is 0.0891. The Balaban J connectivity index is 1.18. The number of anilines is 4. The number of thiophene rings is 1. The van der Waals surface area contributed by atoms with Crippen molar-refractivity contribution in [2.24, 2.45) is 0 Å². The SMILES string of the molecule is CC(=O)Nc1ccc(-c2ccnc(Nc3ccc(N4CCN(Cc5sccc5C)CC4)cc3)n2)cc1. The second kappa shape index (κ2) is 10.9. The molecule has 0 bridgehead atoms. The summed E-state index contributed by atoms with van der Waals surface area (Å²) in [6.45, 7) is 8.96. The first-order chi connectivity index (χ1) is 17.5. The molecule has 1 aliphatic heterocycles. The molecule has 1 aliphatic rings. The lowest BCUT2D eigenvalue weighted by atomic mass is 10.1. The Morgan fingerprint density at radius 2 is 1.67 bits per heavy atom. The number of nitrogens with one attached hydrogen (secondary N) is 2. The van der Waals surface area contributed by atoms with E-state index in [1.54, 1.807) is 6.20 Å². The van der Waals surface area contributed by atoms with E-state index < -0.39 is 0 Å². The molecule has 0 unspecified atom stereocenters. The molecule has 4 aromatic rings. The van der Waals surface area contributed by atoms with Crippen LogP contribution < -0.4 is 15.5 Å². The lowest BCUT2D eigenvalue weighted by molar-refractivity contribution is -0.114. The van der Waals surface area contributed by atoms with Crippen LogP contribution in [0, 0.1) is 6.92 Å². The third kappa shape index (κ3) is 5.90. The lowest BCUT2D eigenvalue weighted by Gasteiger charge is -2.36. The van der Waals surface area contributed by atoms with Crippen LogP contribution in [-0.4, -0.2) is 47.0 Å². The number of aromatic nitrogens is 2. The molecule has 2 aromatic heterocycles. The number of hydrogen-bond acceptors (Lipinski definition) is 7. The van der Waals surface area contributed by atoms with Crippen molar-refractivity contribution in [1.29, 1.82) is 0 Å². The Morgan fingerprint density at radius 1 is 0.944 bits per heavy atom. The monoisotopic (exact) mass is 498 g/mol. The molecule has 5 rings (SSSR count). The van der Waals surface area contributed by atoms with E-state index in [-0.39, 0.29) is 5.91 Å². The van der Waals surface area contributed by atoms with Gasteiger partial charge in [0.25, 0.3) is 0 Å². The highest BCUT2D eigenvalue weighted by atomic mass is 32.1. The van der Waals surface area contributed by atoms with E-state index in [4.69, 9.17) is 0 Å². The zero-order valence-electron chi connectivity index (χ0n) is 20.6. The molecule has 8 heteroatoms. The Kier molecular flexibility index (Phi) is 7.25. The molecule has 0 saturated carbocycles. The van der Waals surface area contributed by atoms with Gasteiger partial charge < -0.3 is 15.5 Å². The van der Waals surface area contributed by atoms with Crippen molar-refractivity contribution in [3.8, 4) is 11.3 Å². The van der Waals surface area contributed by atoms with Crippen LogP contribution >= 0.6 is 11.3 Å². The summed E-state index contributed by atoms with van der Waals surface area (Å²) in [5, 5.41) is 8.28. The number of carbonyl (C=O) groups is 1. The van der Waals surface area contributed by atoms with E-state index in [2.05, 4.69) is 73.0 Å². The molecule has 1 saturated heterocycles. The average molecular weight is 499 g/mol. The molecular weight excluding hydrogens is 468 g/mol. The second-order valence-electron chi connectivity index (χ2n) is 8.99. The summed E-state index contributed by atoms with van der Waals surface area (Å²) in [6, 6.07) is 20.2. The van der Waals surface area contributed by atoms with Crippen molar-refractivity contribution in [3.63, 3.8) is 0 Å². The van der Waals surface area contributed by atoms with E-state index >= 15 is 0 Å². The van der Waals surface area contributed by atoms with E-state index in [0.717, 1.165) is 55.4 Å². The van der Waals surface area contributed by atoms with Crippen LogP contribution in [0.5, 0.6) is 0 Å². The van der Waals surface area contributed by atoms with Gasteiger partial charge in [-0.1, -0.05) is 12.1 Å². The van der Waals surface area contributed by atoms with Gasteiger partial charge in [-0.05, 0) is 66.4 Å². The Bertz CT molecular complexity index is 1310.